The molecular weight excluding hydrogens is 254 g/mol. The Morgan fingerprint density at radius 1 is 1.40 bits per heavy atom. The molecule has 4 nitrogen and oxygen atoms in total. The van der Waals surface area contributed by atoms with Crippen LogP contribution in [0.25, 0.3) is 0 Å². The molecule has 4 heteroatoms. The van der Waals surface area contributed by atoms with Gasteiger partial charge < -0.3 is 9.84 Å². The van der Waals surface area contributed by atoms with E-state index in [4.69, 9.17) is 15.1 Å². The van der Waals surface area contributed by atoms with Crippen molar-refractivity contribution in [2.24, 2.45) is 5.41 Å². The molecule has 1 rings (SSSR count). The number of nitriles is 1. The van der Waals surface area contributed by atoms with E-state index in [9.17, 15) is 4.79 Å². The monoisotopic (exact) mass is 275 g/mol. The summed E-state index contributed by atoms with van der Waals surface area (Å²) in [7, 11) is 0. The van der Waals surface area contributed by atoms with Gasteiger partial charge in [0.1, 0.15) is 11.3 Å². The third-order valence-corrected chi connectivity index (χ3v) is 3.12. The number of ether oxygens (including phenoxy) is 1. The zero-order chi connectivity index (χ0) is 15.2. The molecule has 20 heavy (non-hydrogen) atoms. The highest BCUT2D eigenvalue weighted by molar-refractivity contribution is 5.90. The van der Waals surface area contributed by atoms with Crippen LogP contribution in [-0.2, 0) is 0 Å². The number of unbranched alkanes of at least 4 members (excludes halogenated alkanes) is 1. The van der Waals surface area contributed by atoms with E-state index < -0.39 is 5.97 Å². The number of hydrogen-bond donors (Lipinski definition) is 1. The van der Waals surface area contributed by atoms with Crippen molar-refractivity contribution in [1.29, 1.82) is 5.26 Å². The van der Waals surface area contributed by atoms with Gasteiger partial charge in [0.15, 0.2) is 0 Å². The van der Waals surface area contributed by atoms with Crippen molar-refractivity contribution in [3.63, 3.8) is 0 Å². The second kappa shape index (κ2) is 6.95. The summed E-state index contributed by atoms with van der Waals surface area (Å²) in [4.78, 5) is 11.1. The fraction of sp³-hybridized carbons (Fsp3) is 0.500. The number of nitrogens with zero attached hydrogens (tertiary/aromatic N) is 1. The fourth-order valence-corrected chi connectivity index (χ4v) is 1.83. The van der Waals surface area contributed by atoms with Crippen molar-refractivity contribution in [1.82, 2.24) is 0 Å². The van der Waals surface area contributed by atoms with Crippen LogP contribution in [-0.4, -0.2) is 17.7 Å². The Bertz CT molecular complexity index is 515. The highest BCUT2D eigenvalue weighted by Crippen LogP contribution is 2.23. The lowest BCUT2D eigenvalue weighted by Crippen LogP contribution is -2.09. The molecule has 108 valence electrons. The van der Waals surface area contributed by atoms with Crippen LogP contribution in [0.4, 0.5) is 0 Å². The predicted molar refractivity (Wildman–Crippen MR) is 76.9 cm³/mol. The normalized spacial score (nSPS) is 10.9. The Morgan fingerprint density at radius 3 is 2.70 bits per heavy atom. The average molecular weight is 275 g/mol. The maximum atomic E-state index is 11.1. The van der Waals surface area contributed by atoms with Gasteiger partial charge in [-0.2, -0.15) is 5.26 Å². The first kappa shape index (κ1) is 16.0. The molecule has 0 spiro atoms. The first-order chi connectivity index (χ1) is 9.35. The number of carboxylic acids is 1. The minimum absolute atomic E-state index is 0.188. The molecule has 1 aromatic carbocycles. The SMILES string of the molecule is Cc1ccc(C(=O)O)c(OCCCCC(C)(C)C#N)c1. The van der Waals surface area contributed by atoms with E-state index in [0.717, 1.165) is 24.8 Å². The quantitative estimate of drug-likeness (QED) is 0.768. The topological polar surface area (TPSA) is 70.3 Å². The maximum absolute atomic E-state index is 11.1. The first-order valence-electron chi connectivity index (χ1n) is 6.74. The van der Waals surface area contributed by atoms with Crippen LogP contribution in [0.5, 0.6) is 5.75 Å². The molecule has 0 aliphatic carbocycles. The summed E-state index contributed by atoms with van der Waals surface area (Å²) in [6.07, 6.45) is 2.50. The highest BCUT2D eigenvalue weighted by Gasteiger charge is 2.16. The van der Waals surface area contributed by atoms with Gasteiger partial charge in [-0.3, -0.25) is 0 Å². The molecule has 0 aromatic heterocycles. The van der Waals surface area contributed by atoms with Gasteiger partial charge in [0, 0.05) is 0 Å². The first-order valence-corrected chi connectivity index (χ1v) is 6.74. The van der Waals surface area contributed by atoms with Crippen LogP contribution >= 0.6 is 0 Å². The number of aryl methyl sites for hydroxylation is 1. The van der Waals surface area contributed by atoms with Crippen LogP contribution < -0.4 is 4.74 Å². The van der Waals surface area contributed by atoms with Crippen molar-refractivity contribution < 1.29 is 14.6 Å². The van der Waals surface area contributed by atoms with E-state index in [0.29, 0.717) is 12.4 Å². The van der Waals surface area contributed by atoms with Crippen LogP contribution in [0.3, 0.4) is 0 Å². The minimum Gasteiger partial charge on any atom is -0.493 e. The summed E-state index contributed by atoms with van der Waals surface area (Å²) in [5, 5.41) is 18.0. The molecule has 0 aliphatic heterocycles. The summed E-state index contributed by atoms with van der Waals surface area (Å²) < 4.78 is 5.56. The van der Waals surface area contributed by atoms with Crippen LogP contribution in [0, 0.1) is 23.7 Å². The van der Waals surface area contributed by atoms with E-state index in [1.54, 1.807) is 18.2 Å². The van der Waals surface area contributed by atoms with E-state index in [1.807, 2.05) is 20.8 Å². The minimum atomic E-state index is -0.981. The van der Waals surface area contributed by atoms with E-state index >= 15 is 0 Å². The van der Waals surface area contributed by atoms with Gasteiger partial charge in [0.25, 0.3) is 0 Å². The van der Waals surface area contributed by atoms with Gasteiger partial charge in [-0.05, 0) is 57.7 Å². The second-order valence-corrected chi connectivity index (χ2v) is 5.61. The molecule has 0 fully saturated rings. The van der Waals surface area contributed by atoms with Gasteiger partial charge in [0.05, 0.1) is 18.1 Å². The molecule has 0 amide bonds. The number of carbonyl (C=O) groups is 1. The summed E-state index contributed by atoms with van der Waals surface area (Å²) in [6.45, 7) is 6.19. The van der Waals surface area contributed by atoms with E-state index in [2.05, 4.69) is 6.07 Å². The van der Waals surface area contributed by atoms with Crippen LogP contribution in [0.1, 0.15) is 49.0 Å². The largest absolute Gasteiger partial charge is 0.493 e. The maximum Gasteiger partial charge on any atom is 0.339 e. The van der Waals surface area contributed by atoms with Gasteiger partial charge in [0.2, 0.25) is 0 Å². The third kappa shape index (κ3) is 4.93. The van der Waals surface area contributed by atoms with Gasteiger partial charge in [-0.1, -0.05) is 6.07 Å². The van der Waals surface area contributed by atoms with Crippen LogP contribution in [0.15, 0.2) is 18.2 Å². The van der Waals surface area contributed by atoms with Crippen molar-refractivity contribution >= 4 is 5.97 Å². The van der Waals surface area contributed by atoms with Gasteiger partial charge >= 0.3 is 5.97 Å². The van der Waals surface area contributed by atoms with Crippen molar-refractivity contribution in [3.05, 3.63) is 29.3 Å². The molecular formula is C16H21NO3. The van der Waals surface area contributed by atoms with Crippen molar-refractivity contribution in [2.75, 3.05) is 6.61 Å². The molecule has 0 saturated carbocycles. The number of benzene rings is 1. The lowest BCUT2D eigenvalue weighted by Gasteiger charge is -2.15. The lowest BCUT2D eigenvalue weighted by atomic mass is 9.89. The second-order valence-electron chi connectivity index (χ2n) is 5.61. The number of carboxylic acid groups (broad SMARTS) is 1. The Morgan fingerprint density at radius 2 is 2.10 bits per heavy atom. The molecule has 0 unspecified atom stereocenters. The molecule has 0 saturated heterocycles. The number of hydrogen-bond acceptors (Lipinski definition) is 3. The zero-order valence-electron chi connectivity index (χ0n) is 12.3. The predicted octanol–water partition coefficient (Wildman–Crippen LogP) is 3.79. The molecule has 0 heterocycles. The summed E-state index contributed by atoms with van der Waals surface area (Å²) in [5.41, 5.74) is 0.846. The van der Waals surface area contributed by atoms with Crippen molar-refractivity contribution in [3.8, 4) is 11.8 Å². The Balaban J connectivity index is 2.49. The third-order valence-electron chi connectivity index (χ3n) is 3.12. The molecule has 0 atom stereocenters. The smallest absolute Gasteiger partial charge is 0.339 e. The highest BCUT2D eigenvalue weighted by atomic mass is 16.5. The van der Waals surface area contributed by atoms with Crippen molar-refractivity contribution in [2.45, 2.75) is 40.0 Å². The van der Waals surface area contributed by atoms with E-state index in [-0.39, 0.29) is 11.0 Å². The fourth-order valence-electron chi connectivity index (χ4n) is 1.83. The van der Waals surface area contributed by atoms with Gasteiger partial charge in [-0.15, -0.1) is 0 Å². The zero-order valence-corrected chi connectivity index (χ0v) is 12.3. The van der Waals surface area contributed by atoms with E-state index in [1.165, 1.54) is 0 Å². The van der Waals surface area contributed by atoms with Crippen LogP contribution in [0.2, 0.25) is 0 Å². The lowest BCUT2D eigenvalue weighted by molar-refractivity contribution is 0.0692. The number of rotatable bonds is 7. The molecule has 0 radical (unpaired) electrons. The van der Waals surface area contributed by atoms with Gasteiger partial charge in [-0.25, -0.2) is 4.79 Å². The average Bonchev–Trinajstić information content (AvgIpc) is 2.38. The standard InChI is InChI=1S/C16H21NO3/c1-12-6-7-13(15(18)19)14(10-12)20-9-5-4-8-16(2,3)11-17/h6-7,10H,4-5,8-9H2,1-3H3,(H,18,19). The molecule has 0 aliphatic rings. The Labute approximate surface area is 120 Å². The molecule has 1 N–H and O–H groups in total. The number of aromatic carboxylic acids is 1. The summed E-state index contributed by atoms with van der Waals surface area (Å²) in [6, 6.07) is 7.32. The molecule has 1 aromatic rings. The molecule has 0 bridgehead atoms. The Kier molecular flexibility index (Phi) is 5.57. The summed E-state index contributed by atoms with van der Waals surface area (Å²) in [5.74, 6) is -0.567. The Hall–Kier alpha value is -2.02. The summed E-state index contributed by atoms with van der Waals surface area (Å²) >= 11 is 0.